The van der Waals surface area contributed by atoms with E-state index in [-0.39, 0.29) is 30.3 Å². The fourth-order valence-corrected chi connectivity index (χ4v) is 3.71. The predicted molar refractivity (Wildman–Crippen MR) is 118 cm³/mol. The number of hydrogen-bond donors (Lipinski definition) is 1. The molecule has 0 aliphatic carbocycles. The zero-order valence-corrected chi connectivity index (χ0v) is 18.4. The molecule has 1 amide bonds. The molecule has 2 aromatic carbocycles. The first kappa shape index (κ1) is 23.0. The highest BCUT2D eigenvalue weighted by molar-refractivity contribution is 6.31. The predicted octanol–water partition coefficient (Wildman–Crippen LogP) is 5.24. The molecule has 0 radical (unpaired) electrons. The van der Waals surface area contributed by atoms with E-state index < -0.39 is 12.2 Å². The van der Waals surface area contributed by atoms with Gasteiger partial charge in [0.2, 0.25) is 0 Å². The molecule has 2 atom stereocenters. The minimum Gasteiger partial charge on any atom is -0.354 e. The Balaban J connectivity index is 0.00000280. The van der Waals surface area contributed by atoms with E-state index >= 15 is 0 Å². The van der Waals surface area contributed by atoms with Gasteiger partial charge < -0.3 is 15.4 Å². The molecule has 0 saturated heterocycles. The van der Waals surface area contributed by atoms with Gasteiger partial charge in [-0.2, -0.15) is 0 Å². The summed E-state index contributed by atoms with van der Waals surface area (Å²) in [6, 6.07) is 13.0. The van der Waals surface area contributed by atoms with E-state index in [2.05, 4.69) is 20.8 Å². The number of fused-ring (bicyclic) bond motifs is 1. The summed E-state index contributed by atoms with van der Waals surface area (Å²) in [5.41, 5.74) is 8.17. The number of hydrogen-bond acceptors (Lipinski definition) is 3. The van der Waals surface area contributed by atoms with Crippen molar-refractivity contribution in [3.8, 4) is 0 Å². The average Bonchev–Trinajstić information content (AvgIpc) is 2.70. The van der Waals surface area contributed by atoms with Crippen LogP contribution < -0.4 is 10.6 Å². The van der Waals surface area contributed by atoms with E-state index in [1.807, 2.05) is 36.4 Å². The highest BCUT2D eigenvalue weighted by Crippen LogP contribution is 2.42. The number of rotatable bonds is 3. The molecule has 2 aromatic rings. The summed E-state index contributed by atoms with van der Waals surface area (Å²) in [5.74, 6) is -0.148. The Morgan fingerprint density at radius 3 is 2.39 bits per heavy atom. The Morgan fingerprint density at radius 2 is 1.79 bits per heavy atom. The van der Waals surface area contributed by atoms with E-state index in [9.17, 15) is 4.79 Å². The zero-order valence-electron chi connectivity index (χ0n) is 16.1. The molecule has 0 spiro atoms. The molecule has 1 aliphatic heterocycles. The third kappa shape index (κ3) is 4.81. The van der Waals surface area contributed by atoms with Crippen molar-refractivity contribution in [1.29, 1.82) is 0 Å². The second-order valence-corrected chi connectivity index (χ2v) is 8.79. The molecule has 7 heteroatoms. The van der Waals surface area contributed by atoms with Gasteiger partial charge in [0.05, 0.1) is 0 Å². The maximum Gasteiger partial charge on any atom is 0.257 e. The summed E-state index contributed by atoms with van der Waals surface area (Å²) < 4.78 is 6.21. The molecule has 0 bridgehead atoms. The zero-order chi connectivity index (χ0) is 19.8. The van der Waals surface area contributed by atoms with Crippen LogP contribution in [0.1, 0.15) is 38.0 Å². The highest BCUT2D eigenvalue weighted by Gasteiger charge is 2.37. The lowest BCUT2D eigenvalue weighted by molar-refractivity contribution is -0.131. The van der Waals surface area contributed by atoms with Gasteiger partial charge in [-0.1, -0.05) is 62.2 Å². The molecular formula is C21H25Cl3N2O2. The van der Waals surface area contributed by atoms with Crippen molar-refractivity contribution in [2.24, 2.45) is 11.1 Å². The van der Waals surface area contributed by atoms with Gasteiger partial charge in [-0.25, -0.2) is 0 Å². The molecular weight excluding hydrogens is 419 g/mol. The number of carbonyl (C=O) groups excluding carboxylic acids is 1. The molecule has 0 unspecified atom stereocenters. The minimum absolute atomic E-state index is 0. The smallest absolute Gasteiger partial charge is 0.257 e. The minimum atomic E-state index is -0.764. The van der Waals surface area contributed by atoms with Crippen molar-refractivity contribution < 1.29 is 9.53 Å². The lowest BCUT2D eigenvalue weighted by Gasteiger charge is -2.31. The van der Waals surface area contributed by atoms with Crippen LogP contribution in [0.5, 0.6) is 0 Å². The number of anilines is 1. The Morgan fingerprint density at radius 1 is 1.11 bits per heavy atom. The van der Waals surface area contributed by atoms with Crippen molar-refractivity contribution in [3.05, 3.63) is 63.6 Å². The third-order valence-electron chi connectivity index (χ3n) is 4.44. The van der Waals surface area contributed by atoms with E-state index in [0.29, 0.717) is 16.6 Å². The first-order chi connectivity index (χ1) is 12.7. The van der Waals surface area contributed by atoms with Crippen LogP contribution in [0, 0.1) is 5.41 Å². The van der Waals surface area contributed by atoms with Crippen LogP contribution in [0.3, 0.4) is 0 Å². The molecule has 0 aromatic heterocycles. The van der Waals surface area contributed by atoms with Gasteiger partial charge in [0, 0.05) is 39.9 Å². The number of nitrogens with zero attached hydrogens (tertiary/aromatic N) is 1. The summed E-state index contributed by atoms with van der Waals surface area (Å²) in [6.45, 7) is 6.89. The third-order valence-corrected chi connectivity index (χ3v) is 5.02. The van der Waals surface area contributed by atoms with Gasteiger partial charge in [0.15, 0.2) is 0 Å². The van der Waals surface area contributed by atoms with Crippen LogP contribution in [-0.4, -0.2) is 25.1 Å². The molecule has 28 heavy (non-hydrogen) atoms. The fourth-order valence-electron chi connectivity index (χ4n) is 3.29. The van der Waals surface area contributed by atoms with Crippen LogP contribution in [0.15, 0.2) is 42.5 Å². The number of amides is 1. The van der Waals surface area contributed by atoms with E-state index in [0.717, 1.165) is 16.8 Å². The molecule has 4 nitrogen and oxygen atoms in total. The van der Waals surface area contributed by atoms with Crippen LogP contribution in [0.25, 0.3) is 0 Å². The summed E-state index contributed by atoms with van der Waals surface area (Å²) in [4.78, 5) is 15.0. The number of halogens is 3. The van der Waals surface area contributed by atoms with Gasteiger partial charge in [-0.05, 0) is 29.7 Å². The van der Waals surface area contributed by atoms with Crippen molar-refractivity contribution in [2.45, 2.75) is 33.0 Å². The lowest BCUT2D eigenvalue weighted by atomic mass is 9.94. The monoisotopic (exact) mass is 442 g/mol. The Bertz CT molecular complexity index is 852. The van der Waals surface area contributed by atoms with Crippen molar-refractivity contribution in [2.75, 3.05) is 18.0 Å². The van der Waals surface area contributed by atoms with Crippen LogP contribution in [-0.2, 0) is 9.53 Å². The normalized spacial score (nSPS) is 19.6. The summed E-state index contributed by atoms with van der Waals surface area (Å²) in [6.07, 6.45) is -1.30. The summed E-state index contributed by atoms with van der Waals surface area (Å²) in [5, 5.41) is 1.14. The number of carbonyl (C=O) groups is 1. The van der Waals surface area contributed by atoms with E-state index in [1.165, 1.54) is 0 Å². The Kier molecular flexibility index (Phi) is 7.40. The second-order valence-electron chi connectivity index (χ2n) is 7.95. The van der Waals surface area contributed by atoms with Gasteiger partial charge in [-0.15, -0.1) is 12.4 Å². The Hall–Kier alpha value is -1.30. The number of benzene rings is 2. The molecule has 2 N–H and O–H groups in total. The quantitative estimate of drug-likeness (QED) is 0.705. The summed E-state index contributed by atoms with van der Waals surface area (Å²) in [7, 11) is 0. The van der Waals surface area contributed by atoms with Gasteiger partial charge in [0.25, 0.3) is 5.91 Å². The SMILES string of the molecule is CC(C)(C)CN1C(=O)[C@H](CN)O[C@@H](c2ccccc2Cl)c2cc(Cl)ccc21.Cl. The maximum absolute atomic E-state index is 13.2. The molecule has 1 aliphatic rings. The summed E-state index contributed by atoms with van der Waals surface area (Å²) >= 11 is 12.7. The lowest BCUT2D eigenvalue weighted by Crippen LogP contribution is -2.46. The van der Waals surface area contributed by atoms with Gasteiger partial charge in [0.1, 0.15) is 12.2 Å². The standard InChI is InChI=1S/C21H24Cl2N2O2.ClH/c1-21(2,3)12-25-17-9-8-13(22)10-15(17)19(27-18(11-24)20(25)26)14-6-4-5-7-16(14)23;/h4-10,18-19H,11-12,24H2,1-3H3;1H/t18-,19-;/m0./s1. The molecule has 3 rings (SSSR count). The second kappa shape index (κ2) is 9.02. The van der Waals surface area contributed by atoms with Gasteiger partial charge in [-0.3, -0.25) is 4.79 Å². The van der Waals surface area contributed by atoms with Gasteiger partial charge >= 0.3 is 0 Å². The van der Waals surface area contributed by atoms with Crippen LogP contribution in [0.2, 0.25) is 10.0 Å². The average molecular weight is 444 g/mol. The maximum atomic E-state index is 13.2. The van der Waals surface area contributed by atoms with Crippen molar-refractivity contribution >= 4 is 47.2 Å². The van der Waals surface area contributed by atoms with Crippen molar-refractivity contribution in [1.82, 2.24) is 0 Å². The van der Waals surface area contributed by atoms with Crippen LogP contribution >= 0.6 is 35.6 Å². The Labute approximate surface area is 182 Å². The molecule has 0 fully saturated rings. The molecule has 0 saturated carbocycles. The van der Waals surface area contributed by atoms with E-state index in [1.54, 1.807) is 11.0 Å². The first-order valence-electron chi connectivity index (χ1n) is 8.92. The topological polar surface area (TPSA) is 55.6 Å². The first-order valence-corrected chi connectivity index (χ1v) is 9.67. The molecule has 1 heterocycles. The number of ether oxygens (including phenoxy) is 1. The van der Waals surface area contributed by atoms with E-state index in [4.69, 9.17) is 33.7 Å². The van der Waals surface area contributed by atoms with Crippen molar-refractivity contribution in [3.63, 3.8) is 0 Å². The fraction of sp³-hybridized carbons (Fsp3) is 0.381. The van der Waals surface area contributed by atoms with Crippen LogP contribution in [0.4, 0.5) is 5.69 Å². The number of nitrogens with two attached hydrogens (primary N) is 1. The highest BCUT2D eigenvalue weighted by atomic mass is 35.5. The molecule has 152 valence electrons. The largest absolute Gasteiger partial charge is 0.354 e.